The van der Waals surface area contributed by atoms with Gasteiger partial charge in [0.1, 0.15) is 22.2 Å². The molecule has 4 heterocycles. The summed E-state index contributed by atoms with van der Waals surface area (Å²) in [5, 5.41) is 1.55. The minimum absolute atomic E-state index is 0.416. The van der Waals surface area contributed by atoms with Gasteiger partial charge in [0.2, 0.25) is 0 Å². The summed E-state index contributed by atoms with van der Waals surface area (Å²) in [4.78, 5) is 47.1. The third-order valence-electron chi connectivity index (χ3n) is 8.01. The number of aromatic nitrogens is 6. The Hall–Kier alpha value is -5.90. The number of ether oxygens (including phenoxy) is 2. The van der Waals surface area contributed by atoms with Crippen LogP contribution < -0.4 is 0 Å². The predicted molar refractivity (Wildman–Crippen MR) is 187 cm³/mol. The number of benzene rings is 4. The molecule has 0 aliphatic rings. The van der Waals surface area contributed by atoms with Crippen molar-refractivity contribution in [2.45, 2.75) is 52.7 Å². The van der Waals surface area contributed by atoms with Gasteiger partial charge in [0.05, 0.1) is 33.1 Å². The van der Waals surface area contributed by atoms with Gasteiger partial charge in [-0.2, -0.15) is 0 Å². The van der Waals surface area contributed by atoms with Crippen LogP contribution in [0, 0.1) is 0 Å². The van der Waals surface area contributed by atoms with Crippen LogP contribution in [0.15, 0.2) is 84.9 Å². The Bertz CT molecular complexity index is 2640. The maximum atomic E-state index is 13.8. The van der Waals surface area contributed by atoms with E-state index in [0.717, 1.165) is 27.4 Å². The third-order valence-corrected chi connectivity index (χ3v) is 8.01. The summed E-state index contributed by atoms with van der Waals surface area (Å²) in [6.45, 7) is 11.0. The van der Waals surface area contributed by atoms with E-state index in [1.54, 1.807) is 0 Å². The Kier molecular flexibility index (Phi) is 6.33. The quantitative estimate of drug-likeness (QED) is 0.175. The highest BCUT2D eigenvalue weighted by molar-refractivity contribution is 6.14. The van der Waals surface area contributed by atoms with Gasteiger partial charge < -0.3 is 9.47 Å². The first-order chi connectivity index (χ1) is 22.9. The minimum Gasteiger partial charge on any atom is -0.443 e. The predicted octanol–water partition coefficient (Wildman–Crippen LogP) is 9.02. The van der Waals surface area contributed by atoms with Crippen molar-refractivity contribution in [3.63, 3.8) is 0 Å². The number of fused-ring (bicyclic) bond motifs is 8. The van der Waals surface area contributed by atoms with Crippen molar-refractivity contribution >= 4 is 78.4 Å². The van der Waals surface area contributed by atoms with Crippen LogP contribution in [0.4, 0.5) is 9.59 Å². The highest BCUT2D eigenvalue weighted by atomic mass is 16.6. The van der Waals surface area contributed by atoms with Crippen LogP contribution in [0.1, 0.15) is 41.5 Å². The molecule has 8 rings (SSSR count). The average molecular weight is 637 g/mol. The molecular formula is C38H32N6O4. The number of nitrogens with zero attached hydrogens (tertiary/aromatic N) is 6. The molecular weight excluding hydrogens is 604 g/mol. The van der Waals surface area contributed by atoms with Gasteiger partial charge in [-0.1, -0.05) is 48.5 Å². The standard InChI is InChI=1S/C38H32N6O4/c1-37(2,3)47-35(45)43-28-17-10-7-12-23(28)32-34(43)41-27-16-11-13-22(30(27)42-32)21-18-19-24-29(20-21)44(36(46)48-38(4,5)6)33-31(24)39-25-14-8-9-15-26(25)40-33/h7-20H,1-6H3. The number of carbonyl (C=O) groups excluding carboxylic acids is 2. The fourth-order valence-corrected chi connectivity index (χ4v) is 6.13. The summed E-state index contributed by atoms with van der Waals surface area (Å²) in [5.74, 6) is 0. The molecule has 0 fully saturated rings. The Morgan fingerprint density at radius 3 is 1.77 bits per heavy atom. The second kappa shape index (κ2) is 10.3. The number of hydrogen-bond acceptors (Lipinski definition) is 8. The van der Waals surface area contributed by atoms with E-state index in [2.05, 4.69) is 0 Å². The van der Waals surface area contributed by atoms with Gasteiger partial charge in [-0.15, -0.1) is 0 Å². The van der Waals surface area contributed by atoms with Crippen molar-refractivity contribution in [2.75, 3.05) is 0 Å². The van der Waals surface area contributed by atoms with Crippen LogP contribution in [0.5, 0.6) is 0 Å². The summed E-state index contributed by atoms with van der Waals surface area (Å²) >= 11 is 0. The van der Waals surface area contributed by atoms with Crippen molar-refractivity contribution in [1.29, 1.82) is 0 Å². The molecule has 0 amide bonds. The van der Waals surface area contributed by atoms with Crippen LogP contribution in [0.3, 0.4) is 0 Å². The fraction of sp³-hybridized carbons (Fsp3) is 0.211. The van der Waals surface area contributed by atoms with Crippen molar-refractivity contribution in [2.24, 2.45) is 0 Å². The molecule has 0 atom stereocenters. The lowest BCUT2D eigenvalue weighted by Gasteiger charge is -2.20. The zero-order valence-electron chi connectivity index (χ0n) is 27.4. The minimum atomic E-state index is -0.725. The number of hydrogen-bond donors (Lipinski definition) is 0. The molecule has 0 radical (unpaired) electrons. The van der Waals surface area contributed by atoms with Crippen LogP contribution in [-0.4, -0.2) is 52.5 Å². The van der Waals surface area contributed by atoms with E-state index in [9.17, 15) is 9.59 Å². The van der Waals surface area contributed by atoms with E-state index in [0.29, 0.717) is 49.9 Å². The van der Waals surface area contributed by atoms with E-state index in [4.69, 9.17) is 29.4 Å². The normalized spacial score (nSPS) is 12.5. The summed E-state index contributed by atoms with van der Waals surface area (Å²) in [5.41, 5.74) is 6.18. The first-order valence-electron chi connectivity index (χ1n) is 15.7. The van der Waals surface area contributed by atoms with Crippen molar-refractivity contribution in [1.82, 2.24) is 29.1 Å². The zero-order chi connectivity index (χ0) is 33.5. The average Bonchev–Trinajstić information content (AvgIpc) is 3.52. The molecule has 0 N–H and O–H groups in total. The lowest BCUT2D eigenvalue weighted by molar-refractivity contribution is 0.0539. The van der Waals surface area contributed by atoms with Gasteiger partial charge in [0.25, 0.3) is 0 Å². The van der Waals surface area contributed by atoms with Gasteiger partial charge in [0, 0.05) is 16.3 Å². The lowest BCUT2D eigenvalue weighted by Crippen LogP contribution is -2.27. The summed E-state index contributed by atoms with van der Waals surface area (Å²) in [6.07, 6.45) is -1.06. The second-order valence-corrected chi connectivity index (χ2v) is 13.8. The van der Waals surface area contributed by atoms with Crippen LogP contribution >= 0.6 is 0 Å². The van der Waals surface area contributed by atoms with Gasteiger partial charge in [0.15, 0.2) is 11.3 Å². The molecule has 0 unspecified atom stereocenters. The molecule has 48 heavy (non-hydrogen) atoms. The van der Waals surface area contributed by atoms with Crippen LogP contribution in [0.2, 0.25) is 0 Å². The maximum Gasteiger partial charge on any atom is 0.420 e. The smallest absolute Gasteiger partial charge is 0.420 e. The van der Waals surface area contributed by atoms with Gasteiger partial charge in [-0.25, -0.2) is 38.7 Å². The zero-order valence-corrected chi connectivity index (χ0v) is 27.4. The third kappa shape index (κ3) is 4.79. The summed E-state index contributed by atoms with van der Waals surface area (Å²) in [7, 11) is 0. The van der Waals surface area contributed by atoms with Crippen molar-refractivity contribution < 1.29 is 19.1 Å². The van der Waals surface area contributed by atoms with Gasteiger partial charge >= 0.3 is 12.2 Å². The van der Waals surface area contributed by atoms with E-state index in [1.807, 2.05) is 126 Å². The highest BCUT2D eigenvalue weighted by Crippen LogP contribution is 2.36. The second-order valence-electron chi connectivity index (χ2n) is 13.8. The first-order valence-corrected chi connectivity index (χ1v) is 15.7. The van der Waals surface area contributed by atoms with Crippen LogP contribution in [-0.2, 0) is 9.47 Å². The Balaban J connectivity index is 1.38. The maximum absolute atomic E-state index is 13.8. The molecule has 0 saturated heterocycles. The molecule has 0 aliphatic carbocycles. The molecule has 238 valence electrons. The Morgan fingerprint density at radius 2 is 1.08 bits per heavy atom. The fourth-order valence-electron chi connectivity index (χ4n) is 6.13. The van der Waals surface area contributed by atoms with Crippen molar-refractivity contribution in [3.8, 4) is 11.1 Å². The first kappa shape index (κ1) is 29.5. The largest absolute Gasteiger partial charge is 0.443 e. The number of carbonyl (C=O) groups is 2. The molecule has 0 bridgehead atoms. The lowest BCUT2D eigenvalue weighted by atomic mass is 10.0. The highest BCUT2D eigenvalue weighted by Gasteiger charge is 2.27. The molecule has 10 heteroatoms. The van der Waals surface area contributed by atoms with E-state index >= 15 is 0 Å². The molecule has 0 saturated carbocycles. The van der Waals surface area contributed by atoms with Gasteiger partial charge in [-0.05, 0) is 83.5 Å². The number of rotatable bonds is 1. The topological polar surface area (TPSA) is 114 Å². The number of para-hydroxylation sites is 4. The Labute approximate surface area is 274 Å². The monoisotopic (exact) mass is 636 g/mol. The molecule has 4 aromatic carbocycles. The molecule has 10 nitrogen and oxygen atoms in total. The van der Waals surface area contributed by atoms with E-state index in [1.165, 1.54) is 9.13 Å². The van der Waals surface area contributed by atoms with Crippen molar-refractivity contribution in [3.05, 3.63) is 84.9 Å². The van der Waals surface area contributed by atoms with E-state index in [-0.39, 0.29) is 0 Å². The molecule has 0 spiro atoms. The van der Waals surface area contributed by atoms with Crippen LogP contribution in [0.25, 0.3) is 77.3 Å². The molecule has 8 aromatic rings. The summed E-state index contributed by atoms with van der Waals surface area (Å²) < 4.78 is 14.6. The summed E-state index contributed by atoms with van der Waals surface area (Å²) in [6, 6.07) is 26.8. The SMILES string of the molecule is CC(C)(C)OC(=O)n1c2cc(-c3cccc4nc5c(nc34)c3ccccc3n5C(=O)OC(C)(C)C)ccc2c2nc3ccccc3nc21. The Morgan fingerprint density at radius 1 is 0.542 bits per heavy atom. The molecule has 0 aliphatic heterocycles. The molecule has 4 aromatic heterocycles. The van der Waals surface area contributed by atoms with Gasteiger partial charge in [-0.3, -0.25) is 0 Å². The van der Waals surface area contributed by atoms with E-state index < -0.39 is 23.4 Å².